The van der Waals surface area contributed by atoms with Crippen molar-refractivity contribution >= 4 is 0 Å². The van der Waals surface area contributed by atoms with Gasteiger partial charge >= 0.3 is 0 Å². The minimum atomic E-state index is -0.278. The van der Waals surface area contributed by atoms with Crippen LogP contribution in [0, 0.1) is 11.8 Å². The third-order valence-corrected chi connectivity index (χ3v) is 10.5. The summed E-state index contributed by atoms with van der Waals surface area (Å²) in [4.78, 5) is 0. The van der Waals surface area contributed by atoms with E-state index in [-0.39, 0.29) is 24.8 Å². The maximum Gasteiger partial charge on any atom is 0.184 e. The van der Waals surface area contributed by atoms with Crippen LogP contribution < -0.4 is 0 Å². The first kappa shape index (κ1) is 35.8. The van der Waals surface area contributed by atoms with Crippen LogP contribution >= 0.6 is 0 Å². The number of rotatable bonds is 17. The molecule has 2 saturated heterocycles. The second-order valence-corrected chi connectivity index (χ2v) is 14.1. The van der Waals surface area contributed by atoms with E-state index < -0.39 is 0 Å². The van der Waals surface area contributed by atoms with Gasteiger partial charge in [0.1, 0.15) is 0 Å². The molecule has 3 aromatic rings. The van der Waals surface area contributed by atoms with Crippen molar-refractivity contribution in [2.45, 2.75) is 136 Å². The van der Waals surface area contributed by atoms with Crippen molar-refractivity contribution in [2.24, 2.45) is 11.8 Å². The molecular weight excluding hydrogens is 580 g/mol. The SMILES string of the molecule is CCCCCCCCC1COC(c2ccc(-c3ccc(-c4ccc(C5OCC(CCCCCCC)C(C)O5)cc4)cc3)cc2)OC1C. The van der Waals surface area contributed by atoms with Crippen molar-refractivity contribution in [3.05, 3.63) is 83.9 Å². The van der Waals surface area contributed by atoms with E-state index in [1.807, 2.05) is 0 Å². The minimum Gasteiger partial charge on any atom is -0.348 e. The Hall–Kier alpha value is -2.50. The summed E-state index contributed by atoms with van der Waals surface area (Å²) in [5, 5.41) is 0. The maximum absolute atomic E-state index is 6.33. The van der Waals surface area contributed by atoms with Crippen molar-refractivity contribution in [3.8, 4) is 22.3 Å². The molecule has 0 aliphatic carbocycles. The fourth-order valence-corrected chi connectivity index (χ4v) is 7.09. The van der Waals surface area contributed by atoms with Crippen molar-refractivity contribution in [1.82, 2.24) is 0 Å². The molecule has 0 bridgehead atoms. The Bertz CT molecular complexity index is 1280. The van der Waals surface area contributed by atoms with Crippen molar-refractivity contribution < 1.29 is 18.9 Å². The molecule has 2 heterocycles. The van der Waals surface area contributed by atoms with Gasteiger partial charge in [-0.25, -0.2) is 0 Å². The quantitative estimate of drug-likeness (QED) is 0.138. The van der Waals surface area contributed by atoms with Crippen LogP contribution in [-0.4, -0.2) is 25.4 Å². The Morgan fingerprint density at radius 2 is 0.766 bits per heavy atom. The van der Waals surface area contributed by atoms with E-state index in [0.717, 1.165) is 24.3 Å². The average molecular weight is 641 g/mol. The Balaban J connectivity index is 1.08. The Kier molecular flexibility index (Phi) is 14.4. The molecule has 256 valence electrons. The molecule has 47 heavy (non-hydrogen) atoms. The van der Waals surface area contributed by atoms with E-state index in [2.05, 4.69) is 100 Å². The molecule has 0 N–H and O–H groups in total. The molecule has 3 aromatic carbocycles. The largest absolute Gasteiger partial charge is 0.348 e. The highest BCUT2D eigenvalue weighted by atomic mass is 16.7. The van der Waals surface area contributed by atoms with E-state index in [9.17, 15) is 0 Å². The maximum atomic E-state index is 6.33. The average Bonchev–Trinajstić information content (AvgIpc) is 3.11. The van der Waals surface area contributed by atoms with Crippen LogP contribution in [0.3, 0.4) is 0 Å². The van der Waals surface area contributed by atoms with Gasteiger partial charge in [-0.3, -0.25) is 0 Å². The number of benzene rings is 3. The topological polar surface area (TPSA) is 36.9 Å². The normalized spacial score (nSPS) is 24.8. The Morgan fingerprint density at radius 3 is 1.11 bits per heavy atom. The summed E-state index contributed by atoms with van der Waals surface area (Å²) in [5.41, 5.74) is 6.97. The van der Waals surface area contributed by atoms with Crippen LogP contribution in [0.25, 0.3) is 22.3 Å². The highest BCUT2D eigenvalue weighted by molar-refractivity contribution is 5.70. The van der Waals surface area contributed by atoms with Gasteiger partial charge in [-0.1, -0.05) is 157 Å². The lowest BCUT2D eigenvalue weighted by atomic mass is 9.95. The summed E-state index contributed by atoms with van der Waals surface area (Å²) < 4.78 is 25.0. The molecule has 0 aromatic heterocycles. The fourth-order valence-electron chi connectivity index (χ4n) is 7.09. The highest BCUT2D eigenvalue weighted by Crippen LogP contribution is 2.35. The van der Waals surface area contributed by atoms with E-state index >= 15 is 0 Å². The van der Waals surface area contributed by atoms with Crippen molar-refractivity contribution in [2.75, 3.05) is 13.2 Å². The van der Waals surface area contributed by atoms with Crippen LogP contribution in [0.1, 0.15) is 135 Å². The molecule has 0 saturated carbocycles. The molecule has 6 atom stereocenters. The molecule has 4 heteroatoms. The third-order valence-electron chi connectivity index (χ3n) is 10.5. The summed E-state index contributed by atoms with van der Waals surface area (Å²) in [6.07, 6.45) is 16.8. The monoisotopic (exact) mass is 640 g/mol. The van der Waals surface area contributed by atoms with Gasteiger partial charge in [0.25, 0.3) is 0 Å². The van der Waals surface area contributed by atoms with E-state index in [1.54, 1.807) is 0 Å². The van der Waals surface area contributed by atoms with Crippen LogP contribution in [0.5, 0.6) is 0 Å². The van der Waals surface area contributed by atoms with Crippen molar-refractivity contribution in [1.29, 1.82) is 0 Å². The van der Waals surface area contributed by atoms with E-state index in [4.69, 9.17) is 18.9 Å². The van der Waals surface area contributed by atoms with Crippen LogP contribution in [0.2, 0.25) is 0 Å². The number of hydrogen-bond donors (Lipinski definition) is 0. The smallest absolute Gasteiger partial charge is 0.184 e. The highest BCUT2D eigenvalue weighted by Gasteiger charge is 2.30. The molecule has 2 aliphatic rings. The third kappa shape index (κ3) is 10.5. The second-order valence-electron chi connectivity index (χ2n) is 14.1. The second kappa shape index (κ2) is 18.9. The lowest BCUT2D eigenvalue weighted by Crippen LogP contribution is -2.34. The standard InChI is InChI=1S/C43H60O4/c1-5-7-9-11-13-15-17-41-31-45-43(47-33(41)4)39-28-24-37(25-29-39)35-20-18-34(19-21-35)36-22-26-38(27-23-36)42-44-30-40(32(3)46-42)16-14-12-10-8-6-2/h18-29,32-33,40-43H,5-17,30-31H2,1-4H3. The number of unbranched alkanes of at least 4 members (excludes halogenated alkanes) is 9. The molecule has 0 radical (unpaired) electrons. The molecule has 4 nitrogen and oxygen atoms in total. The first-order chi connectivity index (χ1) is 23.1. The Labute approximate surface area is 285 Å². The van der Waals surface area contributed by atoms with E-state index in [0.29, 0.717) is 11.8 Å². The summed E-state index contributed by atoms with van der Waals surface area (Å²) >= 11 is 0. The zero-order valence-corrected chi connectivity index (χ0v) is 29.6. The molecule has 2 aliphatic heterocycles. The van der Waals surface area contributed by atoms with Crippen LogP contribution in [0.4, 0.5) is 0 Å². The molecule has 0 amide bonds. The number of ether oxygens (including phenoxy) is 4. The van der Waals surface area contributed by atoms with Gasteiger partial charge in [-0.05, 0) is 48.9 Å². The molecule has 6 unspecified atom stereocenters. The zero-order valence-electron chi connectivity index (χ0n) is 29.6. The van der Waals surface area contributed by atoms with Gasteiger partial charge in [0.15, 0.2) is 12.6 Å². The van der Waals surface area contributed by atoms with Gasteiger partial charge in [0.05, 0.1) is 25.4 Å². The molecule has 2 fully saturated rings. The van der Waals surface area contributed by atoms with Gasteiger partial charge in [-0.2, -0.15) is 0 Å². The summed E-state index contributed by atoms with van der Waals surface area (Å²) in [5.74, 6) is 0.985. The predicted molar refractivity (Wildman–Crippen MR) is 194 cm³/mol. The van der Waals surface area contributed by atoms with Gasteiger partial charge in [0, 0.05) is 23.0 Å². The summed E-state index contributed by atoms with van der Waals surface area (Å²) in [7, 11) is 0. The minimum absolute atomic E-state index is 0.221. The van der Waals surface area contributed by atoms with Gasteiger partial charge in [-0.15, -0.1) is 0 Å². The van der Waals surface area contributed by atoms with Crippen LogP contribution in [0.15, 0.2) is 72.8 Å². The summed E-state index contributed by atoms with van der Waals surface area (Å²) in [6.45, 7) is 10.5. The predicted octanol–water partition coefficient (Wildman–Crippen LogP) is 12.2. The first-order valence-electron chi connectivity index (χ1n) is 18.9. The van der Waals surface area contributed by atoms with E-state index in [1.165, 1.54) is 106 Å². The van der Waals surface area contributed by atoms with Gasteiger partial charge in [0.2, 0.25) is 0 Å². The first-order valence-corrected chi connectivity index (χ1v) is 18.9. The fraction of sp³-hybridized carbons (Fsp3) is 0.581. The zero-order chi connectivity index (χ0) is 32.8. The number of hydrogen-bond acceptors (Lipinski definition) is 4. The van der Waals surface area contributed by atoms with Crippen molar-refractivity contribution in [3.63, 3.8) is 0 Å². The van der Waals surface area contributed by atoms with Crippen LogP contribution in [-0.2, 0) is 18.9 Å². The lowest BCUT2D eigenvalue weighted by molar-refractivity contribution is -0.237. The Morgan fingerprint density at radius 1 is 0.447 bits per heavy atom. The molecular formula is C43H60O4. The van der Waals surface area contributed by atoms with Gasteiger partial charge < -0.3 is 18.9 Å². The lowest BCUT2D eigenvalue weighted by Gasteiger charge is -2.35. The summed E-state index contributed by atoms with van der Waals surface area (Å²) in [6, 6.07) is 26.2. The molecule has 5 rings (SSSR count). The molecule has 0 spiro atoms.